The van der Waals surface area contributed by atoms with Gasteiger partial charge in [0, 0.05) is 18.8 Å². The number of hydrogen-bond donors (Lipinski definition) is 1. The molecule has 0 aliphatic heterocycles. The number of carbonyl (C=O) groups is 1. The molecule has 0 spiro atoms. The maximum absolute atomic E-state index is 10.8. The normalized spacial score (nSPS) is 9.55. The van der Waals surface area contributed by atoms with Crippen LogP contribution in [0.2, 0.25) is 0 Å². The highest BCUT2D eigenvalue weighted by Gasteiger charge is 1.94. The summed E-state index contributed by atoms with van der Waals surface area (Å²) in [7, 11) is 0. The van der Waals surface area contributed by atoms with Gasteiger partial charge in [-0.1, -0.05) is 6.92 Å². The lowest BCUT2D eigenvalue weighted by molar-refractivity contribution is -0.121. The maximum Gasteiger partial charge on any atom is 0.221 e. The fraction of sp³-hybridized carbons (Fsp3) is 0.429. The second-order valence-electron chi connectivity index (χ2n) is 2.16. The van der Waals surface area contributed by atoms with E-state index < -0.39 is 0 Å². The minimum atomic E-state index is 0.0421. The van der Waals surface area contributed by atoms with Gasteiger partial charge in [0.05, 0.1) is 0 Å². The van der Waals surface area contributed by atoms with Gasteiger partial charge in [-0.25, -0.2) is 0 Å². The zero-order chi connectivity index (χ0) is 8.10. The van der Waals surface area contributed by atoms with Gasteiger partial charge in [0.25, 0.3) is 0 Å². The zero-order valence-electron chi connectivity index (χ0n) is 6.45. The minimum Gasteiger partial charge on any atom is -0.337 e. The molecule has 0 unspecified atom stereocenters. The van der Waals surface area contributed by atoms with Crippen LogP contribution in [0.1, 0.15) is 13.3 Å². The van der Waals surface area contributed by atoms with Crippen LogP contribution in [-0.2, 0) is 11.5 Å². The third-order valence-electron chi connectivity index (χ3n) is 1.32. The van der Waals surface area contributed by atoms with Gasteiger partial charge < -0.3 is 5.32 Å². The van der Waals surface area contributed by atoms with Crippen LogP contribution in [0, 0.1) is 0 Å². The largest absolute Gasteiger partial charge is 0.337 e. The summed E-state index contributed by atoms with van der Waals surface area (Å²) in [5.41, 5.74) is 0. The van der Waals surface area contributed by atoms with Gasteiger partial charge in [-0.3, -0.25) is 9.48 Å². The van der Waals surface area contributed by atoms with Gasteiger partial charge in [0.1, 0.15) is 6.67 Å². The van der Waals surface area contributed by atoms with Gasteiger partial charge in [0.2, 0.25) is 5.91 Å². The van der Waals surface area contributed by atoms with Crippen LogP contribution in [0.25, 0.3) is 0 Å². The molecule has 1 rings (SSSR count). The fourth-order valence-electron chi connectivity index (χ4n) is 0.688. The van der Waals surface area contributed by atoms with Crippen LogP contribution in [-0.4, -0.2) is 15.7 Å². The zero-order valence-corrected chi connectivity index (χ0v) is 6.45. The van der Waals surface area contributed by atoms with Crippen LogP contribution in [0.15, 0.2) is 18.5 Å². The number of amides is 1. The number of hydrogen-bond acceptors (Lipinski definition) is 2. The number of nitrogens with zero attached hydrogens (tertiary/aromatic N) is 2. The SMILES string of the molecule is CCC(=O)NCn1cccn1. The lowest BCUT2D eigenvalue weighted by Gasteiger charge is -2.01. The Balaban J connectivity index is 2.29. The van der Waals surface area contributed by atoms with Crippen molar-refractivity contribution in [2.24, 2.45) is 0 Å². The molecule has 4 nitrogen and oxygen atoms in total. The van der Waals surface area contributed by atoms with Crippen molar-refractivity contribution >= 4 is 5.91 Å². The molecule has 0 saturated carbocycles. The Hall–Kier alpha value is -1.32. The molecule has 4 heteroatoms. The smallest absolute Gasteiger partial charge is 0.221 e. The number of rotatable bonds is 3. The molecule has 1 aromatic heterocycles. The Morgan fingerprint density at radius 3 is 3.09 bits per heavy atom. The summed E-state index contributed by atoms with van der Waals surface area (Å²) in [6.07, 6.45) is 4.00. The van der Waals surface area contributed by atoms with E-state index in [1.165, 1.54) is 0 Å². The summed E-state index contributed by atoms with van der Waals surface area (Å²) < 4.78 is 1.66. The molecule has 1 aromatic rings. The Kier molecular flexibility index (Phi) is 2.66. The topological polar surface area (TPSA) is 46.9 Å². The summed E-state index contributed by atoms with van der Waals surface area (Å²) in [5, 5.41) is 6.62. The fourth-order valence-corrected chi connectivity index (χ4v) is 0.688. The molecule has 0 aromatic carbocycles. The molecule has 11 heavy (non-hydrogen) atoms. The molecule has 0 atom stereocenters. The number of nitrogens with one attached hydrogen (secondary N) is 1. The van der Waals surface area contributed by atoms with Crippen molar-refractivity contribution in [1.82, 2.24) is 15.1 Å². The van der Waals surface area contributed by atoms with E-state index in [4.69, 9.17) is 0 Å². The molecule has 1 amide bonds. The molecule has 0 bridgehead atoms. The summed E-state index contributed by atoms with van der Waals surface area (Å²) in [6, 6.07) is 1.82. The quantitative estimate of drug-likeness (QED) is 0.681. The first kappa shape index (κ1) is 7.78. The van der Waals surface area contributed by atoms with Gasteiger partial charge in [-0.05, 0) is 6.07 Å². The van der Waals surface area contributed by atoms with E-state index in [2.05, 4.69) is 10.4 Å². The summed E-state index contributed by atoms with van der Waals surface area (Å²) in [6.45, 7) is 2.28. The highest BCUT2D eigenvalue weighted by atomic mass is 16.1. The van der Waals surface area contributed by atoms with Crippen molar-refractivity contribution in [3.63, 3.8) is 0 Å². The van der Waals surface area contributed by atoms with Crippen LogP contribution in [0.4, 0.5) is 0 Å². The van der Waals surface area contributed by atoms with E-state index in [1.54, 1.807) is 17.1 Å². The van der Waals surface area contributed by atoms with Crippen molar-refractivity contribution in [1.29, 1.82) is 0 Å². The van der Waals surface area contributed by atoms with Crippen molar-refractivity contribution in [2.45, 2.75) is 20.0 Å². The van der Waals surface area contributed by atoms with Crippen LogP contribution in [0.5, 0.6) is 0 Å². The predicted octanol–water partition coefficient (Wildman–Crippen LogP) is 0.367. The second-order valence-corrected chi connectivity index (χ2v) is 2.16. The molecule has 60 valence electrons. The first-order valence-corrected chi connectivity index (χ1v) is 3.57. The van der Waals surface area contributed by atoms with E-state index in [-0.39, 0.29) is 5.91 Å². The molecule has 0 aliphatic rings. The van der Waals surface area contributed by atoms with Gasteiger partial charge in [-0.2, -0.15) is 5.10 Å². The van der Waals surface area contributed by atoms with E-state index >= 15 is 0 Å². The molecule has 1 heterocycles. The third kappa shape index (κ3) is 2.41. The Bertz CT molecular complexity index is 218. The molecule has 0 radical (unpaired) electrons. The number of aromatic nitrogens is 2. The first-order valence-electron chi connectivity index (χ1n) is 3.57. The maximum atomic E-state index is 10.8. The number of carbonyl (C=O) groups excluding carboxylic acids is 1. The van der Waals surface area contributed by atoms with Crippen LogP contribution < -0.4 is 5.32 Å². The lowest BCUT2D eigenvalue weighted by atomic mass is 10.5. The van der Waals surface area contributed by atoms with Crippen molar-refractivity contribution < 1.29 is 4.79 Å². The van der Waals surface area contributed by atoms with Crippen molar-refractivity contribution in [3.05, 3.63) is 18.5 Å². The summed E-state index contributed by atoms with van der Waals surface area (Å²) in [4.78, 5) is 10.8. The molecule has 0 aliphatic carbocycles. The highest BCUT2D eigenvalue weighted by Crippen LogP contribution is 1.82. The van der Waals surface area contributed by atoms with E-state index in [0.29, 0.717) is 13.1 Å². The predicted molar refractivity (Wildman–Crippen MR) is 40.7 cm³/mol. The molecule has 0 fully saturated rings. The summed E-state index contributed by atoms with van der Waals surface area (Å²) >= 11 is 0. The van der Waals surface area contributed by atoms with E-state index in [1.807, 2.05) is 13.0 Å². The van der Waals surface area contributed by atoms with Crippen LogP contribution in [0.3, 0.4) is 0 Å². The standard InChI is InChI=1S/C7H11N3O/c1-2-7(11)8-6-10-5-3-4-9-10/h3-5H,2,6H2,1H3,(H,8,11). The minimum absolute atomic E-state index is 0.0421. The van der Waals surface area contributed by atoms with Crippen molar-refractivity contribution in [2.75, 3.05) is 0 Å². The Morgan fingerprint density at radius 1 is 1.73 bits per heavy atom. The van der Waals surface area contributed by atoms with Gasteiger partial charge in [-0.15, -0.1) is 0 Å². The lowest BCUT2D eigenvalue weighted by Crippen LogP contribution is -2.25. The third-order valence-corrected chi connectivity index (χ3v) is 1.32. The molecule has 0 saturated heterocycles. The Morgan fingerprint density at radius 2 is 2.55 bits per heavy atom. The van der Waals surface area contributed by atoms with Crippen LogP contribution >= 0.6 is 0 Å². The van der Waals surface area contributed by atoms with Gasteiger partial charge in [0.15, 0.2) is 0 Å². The monoisotopic (exact) mass is 153 g/mol. The molecule has 1 N–H and O–H groups in total. The van der Waals surface area contributed by atoms with Gasteiger partial charge >= 0.3 is 0 Å². The van der Waals surface area contributed by atoms with Crippen molar-refractivity contribution in [3.8, 4) is 0 Å². The van der Waals surface area contributed by atoms with E-state index in [0.717, 1.165) is 0 Å². The Labute approximate surface area is 65.2 Å². The highest BCUT2D eigenvalue weighted by molar-refractivity contribution is 5.75. The molecular formula is C7H11N3O. The average Bonchev–Trinajstić information content (AvgIpc) is 2.52. The average molecular weight is 153 g/mol. The van der Waals surface area contributed by atoms with E-state index in [9.17, 15) is 4.79 Å². The second kappa shape index (κ2) is 3.75. The summed E-state index contributed by atoms with van der Waals surface area (Å²) in [5.74, 6) is 0.0421. The first-order chi connectivity index (χ1) is 5.33. The molecular weight excluding hydrogens is 142 g/mol.